The summed E-state index contributed by atoms with van der Waals surface area (Å²) in [6.07, 6.45) is 0. The highest BCUT2D eigenvalue weighted by Gasteiger charge is 2.03. The molecule has 0 fully saturated rings. The van der Waals surface area contributed by atoms with Gasteiger partial charge in [0.25, 0.3) is 0 Å². The van der Waals surface area contributed by atoms with Gasteiger partial charge in [-0.15, -0.1) is 0 Å². The van der Waals surface area contributed by atoms with Gasteiger partial charge in [0.15, 0.2) is 0 Å². The van der Waals surface area contributed by atoms with E-state index in [1.54, 1.807) is 0 Å². The van der Waals surface area contributed by atoms with Gasteiger partial charge in [0, 0.05) is 48.9 Å². The van der Waals surface area contributed by atoms with E-state index in [0.29, 0.717) is 0 Å². The van der Waals surface area contributed by atoms with Crippen molar-refractivity contribution in [3.8, 4) is 0 Å². The summed E-state index contributed by atoms with van der Waals surface area (Å²) in [4.78, 5) is 4.70. The Hall–Kier alpha value is -2.16. The van der Waals surface area contributed by atoms with E-state index in [2.05, 4.69) is 91.3 Å². The van der Waals surface area contributed by atoms with Crippen molar-refractivity contribution in [3.63, 3.8) is 0 Å². The summed E-state index contributed by atoms with van der Waals surface area (Å²) in [5.41, 5.74) is 4.79. The smallest absolute Gasteiger partial charge is 0.0385 e. The first-order valence-electron chi connectivity index (χ1n) is 8.68. The largest absolute Gasteiger partial charge is 0.372 e. The summed E-state index contributed by atoms with van der Waals surface area (Å²) < 4.78 is 0. The van der Waals surface area contributed by atoms with Crippen molar-refractivity contribution in [3.05, 3.63) is 48.5 Å². The fourth-order valence-corrected chi connectivity index (χ4v) is 2.86. The van der Waals surface area contributed by atoms with E-state index >= 15 is 0 Å². The Morgan fingerprint density at radius 3 is 1.13 bits per heavy atom. The van der Waals surface area contributed by atoms with E-state index in [4.69, 9.17) is 0 Å². The van der Waals surface area contributed by atoms with Crippen LogP contribution < -0.4 is 15.1 Å². The average Bonchev–Trinajstić information content (AvgIpc) is 2.60. The maximum absolute atomic E-state index is 3.47. The lowest BCUT2D eigenvalue weighted by Gasteiger charge is -2.22. The molecule has 2 rings (SSSR count). The number of anilines is 4. The molecule has 0 radical (unpaired) electrons. The molecule has 0 aliphatic rings. The van der Waals surface area contributed by atoms with Crippen LogP contribution in [0.15, 0.2) is 48.5 Å². The molecule has 1 N–H and O–H groups in total. The van der Waals surface area contributed by atoms with E-state index in [-0.39, 0.29) is 0 Å². The SMILES string of the molecule is CCN(CC)c1ccc(Nc2ccc(N(CC)CC)cc2)cc1. The van der Waals surface area contributed by atoms with Crippen molar-refractivity contribution in [1.82, 2.24) is 0 Å². The van der Waals surface area contributed by atoms with Gasteiger partial charge in [0.1, 0.15) is 0 Å². The zero-order chi connectivity index (χ0) is 16.7. The van der Waals surface area contributed by atoms with Crippen LogP contribution >= 0.6 is 0 Å². The molecule has 0 unspecified atom stereocenters. The van der Waals surface area contributed by atoms with Gasteiger partial charge in [0.2, 0.25) is 0 Å². The molecule has 3 heteroatoms. The quantitative estimate of drug-likeness (QED) is 0.729. The lowest BCUT2D eigenvalue weighted by Crippen LogP contribution is -2.21. The van der Waals surface area contributed by atoms with Crippen LogP contribution in [0, 0.1) is 0 Å². The number of hydrogen-bond donors (Lipinski definition) is 1. The van der Waals surface area contributed by atoms with Gasteiger partial charge >= 0.3 is 0 Å². The molecule has 0 heterocycles. The van der Waals surface area contributed by atoms with Crippen LogP contribution in [0.4, 0.5) is 22.7 Å². The number of nitrogens with one attached hydrogen (secondary N) is 1. The lowest BCUT2D eigenvalue weighted by molar-refractivity contribution is 0.866. The normalized spacial score (nSPS) is 10.4. The maximum Gasteiger partial charge on any atom is 0.0385 e. The van der Waals surface area contributed by atoms with Crippen molar-refractivity contribution >= 4 is 22.7 Å². The summed E-state index contributed by atoms with van der Waals surface area (Å²) >= 11 is 0. The van der Waals surface area contributed by atoms with E-state index < -0.39 is 0 Å². The average molecular weight is 311 g/mol. The molecule has 0 saturated heterocycles. The van der Waals surface area contributed by atoms with Crippen LogP contribution in [0.5, 0.6) is 0 Å². The van der Waals surface area contributed by atoms with Gasteiger partial charge in [0.05, 0.1) is 0 Å². The van der Waals surface area contributed by atoms with E-state index in [1.807, 2.05) is 0 Å². The number of nitrogens with zero attached hydrogens (tertiary/aromatic N) is 2. The van der Waals surface area contributed by atoms with Crippen molar-refractivity contribution in [1.29, 1.82) is 0 Å². The first-order chi connectivity index (χ1) is 11.2. The number of rotatable bonds is 8. The predicted molar refractivity (Wildman–Crippen MR) is 103 cm³/mol. The van der Waals surface area contributed by atoms with Gasteiger partial charge < -0.3 is 15.1 Å². The fourth-order valence-electron chi connectivity index (χ4n) is 2.86. The summed E-state index contributed by atoms with van der Waals surface area (Å²) in [5, 5.41) is 3.47. The molecule has 2 aromatic carbocycles. The highest BCUT2D eigenvalue weighted by atomic mass is 15.1. The Morgan fingerprint density at radius 1 is 0.565 bits per heavy atom. The van der Waals surface area contributed by atoms with E-state index in [1.165, 1.54) is 11.4 Å². The fraction of sp³-hybridized carbons (Fsp3) is 0.400. The summed E-state index contributed by atoms with van der Waals surface area (Å²) in [7, 11) is 0. The molecule has 3 nitrogen and oxygen atoms in total. The second-order valence-corrected chi connectivity index (χ2v) is 5.56. The molecule has 0 aliphatic heterocycles. The molecule has 0 aromatic heterocycles. The van der Waals surface area contributed by atoms with E-state index in [9.17, 15) is 0 Å². The Bertz CT molecular complexity index is 513. The monoisotopic (exact) mass is 311 g/mol. The van der Waals surface area contributed by atoms with Gasteiger partial charge in [-0.1, -0.05) is 0 Å². The lowest BCUT2D eigenvalue weighted by atomic mass is 10.2. The molecular weight excluding hydrogens is 282 g/mol. The van der Waals surface area contributed by atoms with Crippen LogP contribution in [0.3, 0.4) is 0 Å². The highest BCUT2D eigenvalue weighted by molar-refractivity contribution is 5.65. The number of hydrogen-bond acceptors (Lipinski definition) is 3. The minimum absolute atomic E-state index is 1.04. The van der Waals surface area contributed by atoms with E-state index in [0.717, 1.165) is 37.6 Å². The van der Waals surface area contributed by atoms with Crippen molar-refractivity contribution in [2.24, 2.45) is 0 Å². The molecule has 23 heavy (non-hydrogen) atoms. The molecule has 124 valence electrons. The molecule has 0 atom stereocenters. The Labute approximate surface area is 140 Å². The standard InChI is InChI=1S/C20H29N3/c1-5-22(6-2)19-13-9-17(10-14-19)21-18-11-15-20(16-12-18)23(7-3)8-4/h9-16,21H,5-8H2,1-4H3. The molecule has 0 bridgehead atoms. The zero-order valence-electron chi connectivity index (χ0n) is 14.8. The third-order valence-electron chi connectivity index (χ3n) is 4.28. The zero-order valence-corrected chi connectivity index (χ0v) is 14.8. The second kappa shape index (κ2) is 8.47. The van der Waals surface area contributed by atoms with Crippen molar-refractivity contribution < 1.29 is 0 Å². The first kappa shape index (κ1) is 17.2. The van der Waals surface area contributed by atoms with Crippen LogP contribution in [0.2, 0.25) is 0 Å². The second-order valence-electron chi connectivity index (χ2n) is 5.56. The minimum atomic E-state index is 1.04. The summed E-state index contributed by atoms with van der Waals surface area (Å²) in [6.45, 7) is 12.9. The molecular formula is C20H29N3. The maximum atomic E-state index is 3.47. The first-order valence-corrected chi connectivity index (χ1v) is 8.68. The Morgan fingerprint density at radius 2 is 0.870 bits per heavy atom. The Balaban J connectivity index is 2.04. The molecule has 0 amide bonds. The van der Waals surface area contributed by atoms with Crippen molar-refractivity contribution in [2.75, 3.05) is 41.3 Å². The third-order valence-corrected chi connectivity index (χ3v) is 4.28. The third kappa shape index (κ3) is 4.41. The highest BCUT2D eigenvalue weighted by Crippen LogP contribution is 2.23. The molecule has 0 saturated carbocycles. The van der Waals surface area contributed by atoms with Crippen LogP contribution in [-0.2, 0) is 0 Å². The van der Waals surface area contributed by atoms with Gasteiger partial charge in [-0.05, 0) is 76.2 Å². The van der Waals surface area contributed by atoms with Gasteiger partial charge in [-0.2, -0.15) is 0 Å². The topological polar surface area (TPSA) is 18.5 Å². The minimum Gasteiger partial charge on any atom is -0.372 e. The molecule has 0 aliphatic carbocycles. The van der Waals surface area contributed by atoms with Crippen molar-refractivity contribution in [2.45, 2.75) is 27.7 Å². The van der Waals surface area contributed by atoms with Crippen LogP contribution in [-0.4, -0.2) is 26.2 Å². The summed E-state index contributed by atoms with van der Waals surface area (Å²) in [6, 6.07) is 17.3. The Kier molecular flexibility index (Phi) is 6.33. The molecule has 0 spiro atoms. The van der Waals surface area contributed by atoms with Crippen LogP contribution in [0.1, 0.15) is 27.7 Å². The summed E-state index contributed by atoms with van der Waals surface area (Å²) in [5.74, 6) is 0. The number of benzene rings is 2. The molecule has 2 aromatic rings. The predicted octanol–water partition coefficient (Wildman–Crippen LogP) is 5.12. The van der Waals surface area contributed by atoms with Gasteiger partial charge in [-0.3, -0.25) is 0 Å². The van der Waals surface area contributed by atoms with Gasteiger partial charge in [-0.25, -0.2) is 0 Å². The van der Waals surface area contributed by atoms with Crippen LogP contribution in [0.25, 0.3) is 0 Å².